The van der Waals surface area contributed by atoms with Crippen LogP contribution in [0.15, 0.2) is 0 Å². The van der Waals surface area contributed by atoms with Gasteiger partial charge in [-0.15, -0.1) is 0 Å². The summed E-state index contributed by atoms with van der Waals surface area (Å²) in [5.41, 5.74) is 6.82. The van der Waals surface area contributed by atoms with Crippen molar-refractivity contribution in [1.29, 1.82) is 0 Å². The first-order valence-corrected chi connectivity index (χ1v) is 5.68. The molecule has 11 heavy (non-hydrogen) atoms. The first-order valence-electron chi connectivity index (χ1n) is 1.66. The number of halogens is 1. The summed E-state index contributed by atoms with van der Waals surface area (Å²) in [5, 5.41) is 0.116. The van der Waals surface area contributed by atoms with Crippen LogP contribution in [-0.4, -0.2) is 8.55 Å². The zero-order chi connectivity index (χ0) is 8.78. The molecule has 0 aliphatic carbocycles. The van der Waals surface area contributed by atoms with E-state index >= 15 is 0 Å². The van der Waals surface area contributed by atoms with Crippen molar-refractivity contribution in [2.75, 3.05) is 0 Å². The fourth-order valence-electron chi connectivity index (χ4n) is 0. The average Bonchev–Trinajstić information content (AvgIpc) is 1.61. The van der Waals surface area contributed by atoms with E-state index in [1.54, 1.807) is 0 Å². The monoisotopic (exact) mass is 390 g/mol. The van der Waals surface area contributed by atoms with Crippen LogP contribution >= 0.6 is 12.2 Å². The molecule has 0 aliphatic rings. The molecule has 10 heteroatoms. The molecular formula is CH6AgIN3O4S. The Hall–Kier alpha value is 0.960. The second-order valence-electron chi connectivity index (χ2n) is 0.905. The molecule has 0 saturated heterocycles. The van der Waals surface area contributed by atoms with Crippen LogP contribution in [0, 0.1) is 0 Å². The summed E-state index contributed by atoms with van der Waals surface area (Å²) in [5.74, 6) is 4.66. The molecule has 1 radical (unpaired) electrons. The van der Waals surface area contributed by atoms with Crippen LogP contribution in [0.25, 0.3) is 0 Å². The molecule has 73 valence electrons. The summed E-state index contributed by atoms with van der Waals surface area (Å²) in [6.45, 7) is 0. The van der Waals surface area contributed by atoms with Crippen molar-refractivity contribution < 1.29 is 56.2 Å². The Labute approximate surface area is 90.0 Å². The third kappa shape index (κ3) is 100. The molecular weight excluding hydrogens is 385 g/mol. The van der Waals surface area contributed by atoms with Crippen LogP contribution in [-0.2, 0) is 22.4 Å². The summed E-state index contributed by atoms with van der Waals surface area (Å²) in [6.07, 6.45) is 0. The number of thiocarbonyl (C=S) groups is 1. The predicted octanol–water partition coefficient (Wildman–Crippen LogP) is -8.43. The van der Waals surface area contributed by atoms with Crippen molar-refractivity contribution >= 4 is 17.3 Å². The smallest absolute Gasteiger partial charge is 0.368 e. The van der Waals surface area contributed by atoms with Gasteiger partial charge in [0.05, 0.1) is 0 Å². The maximum Gasteiger partial charge on any atom is 0.368 e. The van der Waals surface area contributed by atoms with Crippen molar-refractivity contribution in [2.24, 2.45) is 11.6 Å². The molecule has 6 N–H and O–H groups in total. The van der Waals surface area contributed by atoms with Gasteiger partial charge in [-0.1, -0.05) is 0 Å². The van der Waals surface area contributed by atoms with E-state index < -0.39 is 20.1 Å². The molecule has 0 unspecified atom stereocenters. The molecule has 0 bridgehead atoms. The maximum absolute atomic E-state index is 8.73. The SMILES string of the molecule is NNC(N)=S.[Ag].[O-][I+3]([O-])([O-])O. The molecule has 0 saturated carbocycles. The van der Waals surface area contributed by atoms with Crippen LogP contribution in [0.5, 0.6) is 0 Å². The van der Waals surface area contributed by atoms with E-state index in [9.17, 15) is 0 Å². The molecule has 0 amide bonds. The van der Waals surface area contributed by atoms with Crippen molar-refractivity contribution in [3.8, 4) is 0 Å². The first kappa shape index (κ1) is 17.9. The molecule has 0 aliphatic heterocycles. The van der Waals surface area contributed by atoms with E-state index in [0.29, 0.717) is 0 Å². The molecule has 0 heterocycles. The van der Waals surface area contributed by atoms with E-state index in [-0.39, 0.29) is 27.5 Å². The number of nitrogens with two attached hydrogens (primary N) is 2. The molecule has 0 aromatic heterocycles. The Morgan fingerprint density at radius 2 is 1.55 bits per heavy atom. The standard InChI is InChI=1S/CH5N3S.Ag.HIO4/c2-1(5)4-3;;2-1(3,4)5/h3H2,(H3,2,4,5);;2H. The van der Waals surface area contributed by atoms with Crippen LogP contribution < -0.4 is 47.4 Å². The van der Waals surface area contributed by atoms with Crippen LogP contribution in [0.1, 0.15) is 0 Å². The molecule has 0 aromatic rings. The number of nitrogens with one attached hydrogen (secondary N) is 1. The van der Waals surface area contributed by atoms with Gasteiger partial charge >= 0.3 is 20.1 Å². The zero-order valence-corrected chi connectivity index (χ0v) is 9.37. The summed E-state index contributed by atoms with van der Waals surface area (Å²) in [6, 6.07) is 0. The Morgan fingerprint density at radius 1 is 1.45 bits per heavy atom. The normalized spacial score (nSPS) is 8.45. The van der Waals surface area contributed by atoms with Gasteiger partial charge in [-0.05, 0) is 12.2 Å². The number of hydrogen-bond acceptors (Lipinski definition) is 6. The number of hydrazine groups is 1. The van der Waals surface area contributed by atoms with Gasteiger partial charge in [-0.3, -0.25) is 10.3 Å². The Kier molecular flexibility index (Phi) is 14.7. The second kappa shape index (κ2) is 9.05. The van der Waals surface area contributed by atoms with E-state index in [1.807, 2.05) is 5.43 Å². The molecule has 0 spiro atoms. The minimum absolute atomic E-state index is 0. The summed E-state index contributed by atoms with van der Waals surface area (Å²) >= 11 is -1.45. The Balaban J connectivity index is -0.000000107. The first-order chi connectivity index (χ1) is 4.27. The molecule has 0 fully saturated rings. The largest absolute Gasteiger partial charge is 0.375 e. The number of rotatable bonds is 0. The fourth-order valence-corrected chi connectivity index (χ4v) is 0. The van der Waals surface area contributed by atoms with Crippen molar-refractivity contribution in [2.45, 2.75) is 0 Å². The maximum atomic E-state index is 8.73. The van der Waals surface area contributed by atoms with E-state index in [2.05, 4.69) is 18.1 Å². The molecule has 0 rings (SSSR count). The van der Waals surface area contributed by atoms with Gasteiger partial charge < -0.3 is 11.2 Å². The van der Waals surface area contributed by atoms with E-state index in [1.165, 1.54) is 0 Å². The van der Waals surface area contributed by atoms with Crippen LogP contribution in [0.4, 0.5) is 0 Å². The summed E-state index contributed by atoms with van der Waals surface area (Å²) < 4.78 is 33.2. The van der Waals surface area contributed by atoms with Crippen LogP contribution in [0.3, 0.4) is 0 Å². The van der Waals surface area contributed by atoms with Crippen LogP contribution in [0.2, 0.25) is 0 Å². The van der Waals surface area contributed by atoms with Gasteiger partial charge in [0.1, 0.15) is 0 Å². The Morgan fingerprint density at radius 3 is 1.55 bits per heavy atom. The van der Waals surface area contributed by atoms with Crippen molar-refractivity contribution in [1.82, 2.24) is 5.43 Å². The predicted molar refractivity (Wildman–Crippen MR) is 26.3 cm³/mol. The van der Waals surface area contributed by atoms with E-state index in [4.69, 9.17) is 19.5 Å². The summed E-state index contributed by atoms with van der Waals surface area (Å²) in [7, 11) is 0. The van der Waals surface area contributed by atoms with Gasteiger partial charge in [-0.25, -0.2) is 5.84 Å². The van der Waals surface area contributed by atoms with Crippen molar-refractivity contribution in [3.63, 3.8) is 0 Å². The third-order valence-electron chi connectivity index (χ3n) is 0.142. The molecule has 7 nitrogen and oxygen atoms in total. The van der Waals surface area contributed by atoms with Crippen molar-refractivity contribution in [3.05, 3.63) is 0 Å². The third-order valence-corrected chi connectivity index (χ3v) is 0.260. The molecule has 0 atom stereocenters. The van der Waals surface area contributed by atoms with E-state index in [0.717, 1.165) is 0 Å². The van der Waals surface area contributed by atoms with Gasteiger partial charge in [0.25, 0.3) is 0 Å². The zero-order valence-electron chi connectivity index (χ0n) is 4.91. The quantitative estimate of drug-likeness (QED) is 0.104. The topological polar surface area (TPSA) is 153 Å². The second-order valence-corrected chi connectivity index (χ2v) is 3.60. The number of hydrogen-bond donors (Lipinski definition) is 4. The van der Waals surface area contributed by atoms with Gasteiger partial charge in [0.15, 0.2) is 5.11 Å². The Bertz CT molecular complexity index is 102. The van der Waals surface area contributed by atoms with Gasteiger partial charge in [-0.2, -0.15) is 0 Å². The minimum atomic E-state index is -5.69. The minimum Gasteiger partial charge on any atom is -0.375 e. The fraction of sp³-hybridized carbons (Fsp3) is 0. The summed E-state index contributed by atoms with van der Waals surface area (Å²) in [4.78, 5) is 0. The van der Waals surface area contributed by atoms with Gasteiger partial charge in [0.2, 0.25) is 0 Å². The molecule has 0 aromatic carbocycles. The van der Waals surface area contributed by atoms with Gasteiger partial charge in [0, 0.05) is 25.8 Å². The average molecular weight is 391 g/mol.